The first-order valence-corrected chi connectivity index (χ1v) is 7.51. The molecule has 3 atom stereocenters. The van der Waals surface area contributed by atoms with Gasteiger partial charge in [0.1, 0.15) is 18.0 Å². The maximum absolute atomic E-state index is 6.02. The highest BCUT2D eigenvalue weighted by atomic mass is 127. The lowest BCUT2D eigenvalue weighted by atomic mass is 9.85. The van der Waals surface area contributed by atoms with Crippen LogP contribution in [0.15, 0.2) is 24.3 Å². The van der Waals surface area contributed by atoms with Gasteiger partial charge in [0.25, 0.3) is 0 Å². The number of halogens is 1. The summed E-state index contributed by atoms with van der Waals surface area (Å²) in [5, 5.41) is 3.49. The van der Waals surface area contributed by atoms with Gasteiger partial charge in [0.05, 0.1) is 3.57 Å². The van der Waals surface area contributed by atoms with Crippen molar-refractivity contribution in [1.29, 1.82) is 0 Å². The summed E-state index contributed by atoms with van der Waals surface area (Å²) < 4.78 is 12.7. The average molecular weight is 361 g/mol. The van der Waals surface area contributed by atoms with Crippen LogP contribution in [-0.2, 0) is 4.74 Å². The first kappa shape index (κ1) is 14.1. The molecule has 0 bridgehead atoms. The number of benzene rings is 1. The zero-order chi connectivity index (χ0) is 13.0. The van der Waals surface area contributed by atoms with Gasteiger partial charge in [-0.15, -0.1) is 0 Å². The average Bonchev–Trinajstić information content (AvgIpc) is 2.35. The first-order chi connectivity index (χ1) is 8.76. The van der Waals surface area contributed by atoms with Gasteiger partial charge in [-0.3, -0.25) is 0 Å². The molecule has 1 fully saturated rings. The van der Waals surface area contributed by atoms with Crippen molar-refractivity contribution in [3.05, 3.63) is 27.8 Å². The second kappa shape index (κ2) is 6.73. The van der Waals surface area contributed by atoms with Gasteiger partial charge in [-0.2, -0.15) is 0 Å². The SMILES string of the molecule is CCCNC1CC(Oc2ccccc2I)C1OC. The molecule has 100 valence electrons. The van der Waals surface area contributed by atoms with Crippen LogP contribution in [0.5, 0.6) is 5.75 Å². The van der Waals surface area contributed by atoms with Gasteiger partial charge >= 0.3 is 0 Å². The van der Waals surface area contributed by atoms with Gasteiger partial charge in [0.15, 0.2) is 0 Å². The Morgan fingerprint density at radius 1 is 1.39 bits per heavy atom. The third-order valence-corrected chi connectivity index (χ3v) is 4.18. The molecule has 0 saturated heterocycles. The molecular weight excluding hydrogens is 341 g/mol. The summed E-state index contributed by atoms with van der Waals surface area (Å²) in [5.74, 6) is 0.957. The standard InChI is InChI=1S/C14H20INO2/c1-3-8-16-11-9-13(14(11)17-2)18-12-7-5-4-6-10(12)15/h4-7,11,13-14,16H,3,8-9H2,1-2H3. The maximum Gasteiger partial charge on any atom is 0.133 e. The third-order valence-electron chi connectivity index (χ3n) is 3.29. The molecule has 1 aliphatic rings. The van der Waals surface area contributed by atoms with Crippen molar-refractivity contribution in [3.8, 4) is 5.75 Å². The van der Waals surface area contributed by atoms with E-state index in [0.717, 1.165) is 28.7 Å². The minimum atomic E-state index is 0.160. The van der Waals surface area contributed by atoms with Crippen LogP contribution in [0.4, 0.5) is 0 Å². The van der Waals surface area contributed by atoms with E-state index in [9.17, 15) is 0 Å². The Labute approximate surface area is 122 Å². The molecular formula is C14H20INO2. The summed E-state index contributed by atoms with van der Waals surface area (Å²) in [6.45, 7) is 3.22. The van der Waals surface area contributed by atoms with E-state index < -0.39 is 0 Å². The normalized spacial score (nSPS) is 26.7. The van der Waals surface area contributed by atoms with E-state index in [4.69, 9.17) is 9.47 Å². The predicted octanol–water partition coefficient (Wildman–Crippen LogP) is 2.83. The number of methoxy groups -OCH3 is 1. The highest BCUT2D eigenvalue weighted by Gasteiger charge is 2.43. The summed E-state index contributed by atoms with van der Waals surface area (Å²) >= 11 is 2.30. The van der Waals surface area contributed by atoms with Crippen LogP contribution >= 0.6 is 22.6 Å². The van der Waals surface area contributed by atoms with Crippen LogP contribution in [0, 0.1) is 3.57 Å². The number of rotatable bonds is 6. The van der Waals surface area contributed by atoms with E-state index in [0.29, 0.717) is 6.04 Å². The number of hydrogen-bond donors (Lipinski definition) is 1. The van der Waals surface area contributed by atoms with Crippen LogP contribution in [0.2, 0.25) is 0 Å². The zero-order valence-corrected chi connectivity index (χ0v) is 13.0. The molecule has 2 rings (SSSR count). The fourth-order valence-corrected chi connectivity index (χ4v) is 2.76. The van der Waals surface area contributed by atoms with Gasteiger partial charge in [-0.25, -0.2) is 0 Å². The van der Waals surface area contributed by atoms with E-state index in [1.165, 1.54) is 0 Å². The van der Waals surface area contributed by atoms with Crippen LogP contribution in [0.1, 0.15) is 19.8 Å². The molecule has 1 aromatic carbocycles. The van der Waals surface area contributed by atoms with Crippen molar-refractivity contribution in [1.82, 2.24) is 5.32 Å². The molecule has 18 heavy (non-hydrogen) atoms. The fourth-order valence-electron chi connectivity index (χ4n) is 2.25. The fraction of sp³-hybridized carbons (Fsp3) is 0.571. The zero-order valence-electron chi connectivity index (χ0n) is 10.9. The van der Waals surface area contributed by atoms with Crippen molar-refractivity contribution in [2.45, 2.75) is 38.0 Å². The van der Waals surface area contributed by atoms with Crippen LogP contribution in [-0.4, -0.2) is 31.9 Å². The van der Waals surface area contributed by atoms with E-state index >= 15 is 0 Å². The molecule has 0 spiro atoms. The van der Waals surface area contributed by atoms with Crippen molar-refractivity contribution in [2.24, 2.45) is 0 Å². The Bertz CT molecular complexity index is 386. The molecule has 0 aromatic heterocycles. The summed E-state index contributed by atoms with van der Waals surface area (Å²) in [6.07, 6.45) is 2.49. The second-order valence-corrected chi connectivity index (χ2v) is 5.75. The van der Waals surface area contributed by atoms with E-state index in [1.54, 1.807) is 7.11 Å². The molecule has 3 unspecified atom stereocenters. The Kier molecular flexibility index (Phi) is 5.26. The van der Waals surface area contributed by atoms with Crippen molar-refractivity contribution in [3.63, 3.8) is 0 Å². The monoisotopic (exact) mass is 361 g/mol. The number of hydrogen-bond acceptors (Lipinski definition) is 3. The molecule has 1 saturated carbocycles. The van der Waals surface area contributed by atoms with Crippen LogP contribution in [0.3, 0.4) is 0 Å². The molecule has 1 N–H and O–H groups in total. The molecule has 4 heteroatoms. The molecule has 3 nitrogen and oxygen atoms in total. The Hall–Kier alpha value is -0.330. The quantitative estimate of drug-likeness (QED) is 0.791. The second-order valence-electron chi connectivity index (χ2n) is 4.58. The molecule has 0 radical (unpaired) electrons. The van der Waals surface area contributed by atoms with Crippen molar-refractivity contribution in [2.75, 3.05) is 13.7 Å². The van der Waals surface area contributed by atoms with Gasteiger partial charge in [0.2, 0.25) is 0 Å². The van der Waals surface area contributed by atoms with Gasteiger partial charge in [-0.1, -0.05) is 19.1 Å². The van der Waals surface area contributed by atoms with E-state index in [-0.39, 0.29) is 12.2 Å². The summed E-state index contributed by atoms with van der Waals surface area (Å²) in [4.78, 5) is 0. The van der Waals surface area contributed by atoms with Gasteiger partial charge in [-0.05, 0) is 47.7 Å². The predicted molar refractivity (Wildman–Crippen MR) is 81.1 cm³/mol. The summed E-state index contributed by atoms with van der Waals surface area (Å²) in [7, 11) is 1.76. The van der Waals surface area contributed by atoms with Crippen molar-refractivity contribution < 1.29 is 9.47 Å². The largest absolute Gasteiger partial charge is 0.486 e. The van der Waals surface area contributed by atoms with Crippen LogP contribution in [0.25, 0.3) is 0 Å². The third kappa shape index (κ3) is 3.16. The molecule has 0 heterocycles. The van der Waals surface area contributed by atoms with E-state index in [1.807, 2.05) is 18.2 Å². The summed E-state index contributed by atoms with van der Waals surface area (Å²) in [5.41, 5.74) is 0. The lowest BCUT2D eigenvalue weighted by molar-refractivity contribution is -0.0889. The topological polar surface area (TPSA) is 30.5 Å². The van der Waals surface area contributed by atoms with Gasteiger partial charge < -0.3 is 14.8 Å². The molecule has 0 aliphatic heterocycles. The number of para-hydroxylation sites is 1. The number of nitrogens with one attached hydrogen (secondary N) is 1. The highest BCUT2D eigenvalue weighted by molar-refractivity contribution is 14.1. The minimum absolute atomic E-state index is 0.160. The minimum Gasteiger partial charge on any atom is -0.486 e. The lowest BCUT2D eigenvalue weighted by Crippen LogP contribution is -2.61. The summed E-state index contributed by atoms with van der Waals surface area (Å²) in [6, 6.07) is 8.53. The Balaban J connectivity index is 1.90. The van der Waals surface area contributed by atoms with Gasteiger partial charge in [0, 0.05) is 19.6 Å². The number of ether oxygens (including phenoxy) is 2. The first-order valence-electron chi connectivity index (χ1n) is 6.43. The highest BCUT2D eigenvalue weighted by Crippen LogP contribution is 2.30. The lowest BCUT2D eigenvalue weighted by Gasteiger charge is -2.43. The Morgan fingerprint density at radius 3 is 2.83 bits per heavy atom. The molecule has 1 aliphatic carbocycles. The van der Waals surface area contributed by atoms with Crippen molar-refractivity contribution >= 4 is 22.6 Å². The van der Waals surface area contributed by atoms with Crippen LogP contribution < -0.4 is 10.1 Å². The smallest absolute Gasteiger partial charge is 0.133 e. The maximum atomic E-state index is 6.02. The Morgan fingerprint density at radius 2 is 2.17 bits per heavy atom. The molecule has 0 amide bonds. The van der Waals surface area contributed by atoms with E-state index in [2.05, 4.69) is 40.9 Å². The molecule has 1 aromatic rings.